The number of hydrogen-bond donors (Lipinski definition) is 1. The number of piperazine rings is 1. The van der Waals surface area contributed by atoms with Crippen LogP contribution in [0.3, 0.4) is 0 Å². The van der Waals surface area contributed by atoms with Crippen molar-refractivity contribution < 1.29 is 24.2 Å². The lowest BCUT2D eigenvalue weighted by atomic mass is 9.96. The van der Waals surface area contributed by atoms with Gasteiger partial charge in [-0.25, -0.2) is 9.59 Å². The molecule has 0 radical (unpaired) electrons. The summed E-state index contributed by atoms with van der Waals surface area (Å²) in [7, 11) is 0. The first-order valence-electron chi connectivity index (χ1n) is 11.7. The van der Waals surface area contributed by atoms with Crippen LogP contribution in [0.4, 0.5) is 0 Å². The van der Waals surface area contributed by atoms with Crippen molar-refractivity contribution in [2.24, 2.45) is 0 Å². The van der Waals surface area contributed by atoms with Crippen molar-refractivity contribution in [2.75, 3.05) is 45.9 Å². The third-order valence-corrected chi connectivity index (χ3v) is 7.21. The summed E-state index contributed by atoms with van der Waals surface area (Å²) in [6, 6.07) is 9.52. The summed E-state index contributed by atoms with van der Waals surface area (Å²) in [4.78, 5) is 28.3. The summed E-state index contributed by atoms with van der Waals surface area (Å²) < 4.78 is 10.2. The predicted molar refractivity (Wildman–Crippen MR) is 122 cm³/mol. The fraction of sp³-hybridized carbons (Fsp3) is 0.462. The Balaban J connectivity index is 1.11. The van der Waals surface area contributed by atoms with Gasteiger partial charge in [-0.05, 0) is 47.7 Å². The van der Waals surface area contributed by atoms with Gasteiger partial charge < -0.3 is 19.5 Å². The number of fused-ring (bicyclic) bond motifs is 2. The van der Waals surface area contributed by atoms with E-state index in [0.29, 0.717) is 37.3 Å². The lowest BCUT2D eigenvalue weighted by molar-refractivity contribution is 0.0477. The van der Waals surface area contributed by atoms with Gasteiger partial charge in [-0.15, -0.1) is 0 Å². The van der Waals surface area contributed by atoms with E-state index >= 15 is 0 Å². The second-order valence-electron chi connectivity index (χ2n) is 9.16. The van der Waals surface area contributed by atoms with Crippen LogP contribution >= 0.6 is 0 Å². The highest BCUT2D eigenvalue weighted by Crippen LogP contribution is 2.27. The molecule has 1 N–H and O–H groups in total. The zero-order valence-electron chi connectivity index (χ0n) is 19.0. The Hall–Kier alpha value is -2.74. The van der Waals surface area contributed by atoms with Gasteiger partial charge in [0.2, 0.25) is 0 Å². The van der Waals surface area contributed by atoms with Crippen LogP contribution in [0.2, 0.25) is 0 Å². The number of ether oxygens (including phenoxy) is 2. The lowest BCUT2D eigenvalue weighted by Crippen LogP contribution is -2.48. The summed E-state index contributed by atoms with van der Waals surface area (Å²) in [5.74, 6) is -0.485. The molecule has 33 heavy (non-hydrogen) atoms. The average Bonchev–Trinajstić information content (AvgIpc) is 3.21. The molecular weight excluding hydrogens is 420 g/mol. The van der Waals surface area contributed by atoms with Gasteiger partial charge in [0, 0.05) is 51.3 Å². The van der Waals surface area contributed by atoms with Crippen LogP contribution < -0.4 is 0 Å². The van der Waals surface area contributed by atoms with Crippen molar-refractivity contribution >= 4 is 11.9 Å². The third kappa shape index (κ3) is 4.53. The summed E-state index contributed by atoms with van der Waals surface area (Å²) >= 11 is 0. The van der Waals surface area contributed by atoms with Crippen LogP contribution in [-0.4, -0.2) is 72.7 Å². The zero-order valence-corrected chi connectivity index (χ0v) is 19.0. The second-order valence-corrected chi connectivity index (χ2v) is 9.16. The van der Waals surface area contributed by atoms with Crippen LogP contribution in [0.5, 0.6) is 0 Å². The van der Waals surface area contributed by atoms with Crippen molar-refractivity contribution in [2.45, 2.75) is 32.5 Å². The molecule has 3 heterocycles. The molecule has 1 fully saturated rings. The van der Waals surface area contributed by atoms with Gasteiger partial charge in [0.15, 0.2) is 0 Å². The molecule has 2 aromatic carbocycles. The number of aliphatic hydroxyl groups excluding tert-OH is 1. The minimum Gasteiger partial charge on any atom is -0.462 e. The molecule has 5 rings (SSSR count). The van der Waals surface area contributed by atoms with Gasteiger partial charge in [0.25, 0.3) is 0 Å². The maximum absolute atomic E-state index is 11.8. The Morgan fingerprint density at radius 3 is 2.52 bits per heavy atom. The molecular formula is C26H30N2O5. The Bertz CT molecular complexity index is 1070. The average molecular weight is 451 g/mol. The first-order chi connectivity index (χ1) is 16.0. The van der Waals surface area contributed by atoms with E-state index in [1.165, 1.54) is 11.1 Å². The Kier molecular flexibility index (Phi) is 6.19. The molecule has 3 aliphatic heterocycles. The number of hydrogen-bond acceptors (Lipinski definition) is 7. The van der Waals surface area contributed by atoms with Crippen LogP contribution in [0.15, 0.2) is 30.3 Å². The minimum absolute atomic E-state index is 0.212. The van der Waals surface area contributed by atoms with Crippen LogP contribution in [0, 0.1) is 6.92 Å². The van der Waals surface area contributed by atoms with Crippen molar-refractivity contribution in [3.63, 3.8) is 0 Å². The molecule has 0 bridgehead atoms. The van der Waals surface area contributed by atoms with Gasteiger partial charge in [-0.2, -0.15) is 0 Å². The number of carbonyl (C=O) groups excluding carboxylic acids is 2. The lowest BCUT2D eigenvalue weighted by Gasteiger charge is -2.35. The number of β-amino-alcohol motifs (C(OH)–C–C–N with tert-alkyl or cyclic N) is 1. The smallest absolute Gasteiger partial charge is 0.338 e. The van der Waals surface area contributed by atoms with E-state index in [4.69, 9.17) is 9.47 Å². The van der Waals surface area contributed by atoms with Gasteiger partial charge in [0.05, 0.1) is 23.8 Å². The van der Waals surface area contributed by atoms with Crippen LogP contribution in [-0.2, 0) is 28.9 Å². The van der Waals surface area contributed by atoms with Crippen molar-refractivity contribution in [1.82, 2.24) is 9.80 Å². The zero-order chi connectivity index (χ0) is 22.9. The first-order valence-corrected chi connectivity index (χ1v) is 11.7. The summed E-state index contributed by atoms with van der Waals surface area (Å²) in [5, 5.41) is 10.8. The monoisotopic (exact) mass is 450 g/mol. The number of benzene rings is 2. The third-order valence-electron chi connectivity index (χ3n) is 7.21. The highest BCUT2D eigenvalue weighted by molar-refractivity contribution is 5.94. The van der Waals surface area contributed by atoms with E-state index in [2.05, 4.69) is 22.8 Å². The molecule has 7 nitrogen and oxygen atoms in total. The van der Waals surface area contributed by atoms with Gasteiger partial charge in [0.1, 0.15) is 6.61 Å². The first kappa shape index (κ1) is 22.1. The van der Waals surface area contributed by atoms with E-state index in [-0.39, 0.29) is 11.9 Å². The molecule has 1 atom stereocenters. The number of aliphatic hydroxyl groups is 1. The number of esters is 2. The van der Waals surface area contributed by atoms with Crippen LogP contribution in [0.1, 0.15) is 54.6 Å². The molecule has 7 heteroatoms. The Morgan fingerprint density at radius 2 is 1.70 bits per heavy atom. The molecule has 0 aromatic heterocycles. The SMILES string of the molecule is Cc1c(CCN2CCN(CC(O)c3ccc4c(c3)CCOC4=O)CC2)ccc2c1COC2=O. The standard InChI is InChI=1S/C26H30N2O5/c1-17-18(2-5-22-23(17)16-33-26(22)31)6-8-27-9-11-28(12-10-27)15-24(29)20-3-4-21-19(14-20)7-13-32-25(21)30/h2-5,14,24,29H,6-13,15-16H2,1H3. The maximum atomic E-state index is 11.8. The van der Waals surface area contributed by atoms with Crippen LogP contribution in [0.25, 0.3) is 0 Å². The van der Waals surface area contributed by atoms with Crippen molar-refractivity contribution in [3.8, 4) is 0 Å². The topological polar surface area (TPSA) is 79.3 Å². The Morgan fingerprint density at radius 1 is 0.970 bits per heavy atom. The predicted octanol–water partition coefficient (Wildman–Crippen LogP) is 2.27. The van der Waals surface area contributed by atoms with Crippen molar-refractivity contribution in [1.29, 1.82) is 0 Å². The van der Waals surface area contributed by atoms with E-state index in [1.807, 2.05) is 18.2 Å². The molecule has 0 amide bonds. The largest absolute Gasteiger partial charge is 0.462 e. The summed E-state index contributed by atoms with van der Waals surface area (Å²) in [6.07, 6.45) is 1.08. The second kappa shape index (κ2) is 9.25. The molecule has 0 aliphatic carbocycles. The molecule has 1 saturated heterocycles. The van der Waals surface area contributed by atoms with Gasteiger partial charge in [-0.1, -0.05) is 18.2 Å². The fourth-order valence-corrected chi connectivity index (χ4v) is 5.05. The van der Waals surface area contributed by atoms with E-state index < -0.39 is 6.10 Å². The normalized spacial score (nSPS) is 19.6. The van der Waals surface area contributed by atoms with Crippen molar-refractivity contribution in [3.05, 3.63) is 69.3 Å². The number of nitrogens with zero attached hydrogens (tertiary/aromatic N) is 2. The quantitative estimate of drug-likeness (QED) is 0.677. The van der Waals surface area contributed by atoms with Gasteiger partial charge >= 0.3 is 11.9 Å². The van der Waals surface area contributed by atoms with Gasteiger partial charge in [-0.3, -0.25) is 4.90 Å². The molecule has 0 spiro atoms. The molecule has 2 aromatic rings. The molecule has 174 valence electrons. The fourth-order valence-electron chi connectivity index (χ4n) is 5.05. The Labute approximate surface area is 193 Å². The van der Waals surface area contributed by atoms with E-state index in [1.54, 1.807) is 6.07 Å². The molecule has 0 saturated carbocycles. The molecule has 3 aliphatic rings. The molecule has 1 unspecified atom stereocenters. The minimum atomic E-state index is -0.571. The van der Waals surface area contributed by atoms with E-state index in [9.17, 15) is 14.7 Å². The number of carbonyl (C=O) groups is 2. The highest BCUT2D eigenvalue weighted by atomic mass is 16.5. The highest BCUT2D eigenvalue weighted by Gasteiger charge is 2.25. The summed E-state index contributed by atoms with van der Waals surface area (Å²) in [5.41, 5.74) is 6.65. The summed E-state index contributed by atoms with van der Waals surface area (Å²) in [6.45, 7) is 8.22. The van der Waals surface area contributed by atoms with E-state index in [0.717, 1.165) is 55.8 Å². The number of cyclic esters (lactones) is 2. The number of rotatable bonds is 6. The maximum Gasteiger partial charge on any atom is 0.338 e.